The predicted molar refractivity (Wildman–Crippen MR) is 92.3 cm³/mol. The van der Waals surface area contributed by atoms with Crippen LogP contribution in [0.3, 0.4) is 0 Å². The Bertz CT molecular complexity index is 636. The van der Waals surface area contributed by atoms with Crippen molar-refractivity contribution < 1.29 is 23.1 Å². The molecule has 2 unspecified atom stereocenters. The average Bonchev–Trinajstić information content (AvgIpc) is 2.96. The zero-order valence-electron chi connectivity index (χ0n) is 13.4. The number of aliphatic hydroxyl groups is 1. The average molecular weight is 379 g/mol. The van der Waals surface area contributed by atoms with Crippen molar-refractivity contribution >= 4 is 28.2 Å². The molecule has 0 bridgehead atoms. The lowest BCUT2D eigenvalue weighted by molar-refractivity contribution is 0.0927. The number of halogens is 1. The zero-order chi connectivity index (χ0) is 16.9. The number of ether oxygens (including phenoxy) is 1. The number of sulfone groups is 1. The molecule has 1 amide bonds. The van der Waals surface area contributed by atoms with Gasteiger partial charge in [0.05, 0.1) is 23.4 Å². The Morgan fingerprint density at radius 3 is 2.54 bits per heavy atom. The largest absolute Gasteiger partial charge is 0.391 e. The van der Waals surface area contributed by atoms with E-state index in [1.54, 1.807) is 0 Å². The zero-order valence-corrected chi connectivity index (χ0v) is 15.0. The second-order valence-electron chi connectivity index (χ2n) is 5.53. The molecular weight excluding hydrogens is 356 g/mol. The number of methoxy groups -OCH3 is 1. The Morgan fingerprint density at radius 2 is 2.00 bits per heavy atom. The Morgan fingerprint density at radius 1 is 1.33 bits per heavy atom. The number of hydrogen-bond donors (Lipinski definition) is 3. The van der Waals surface area contributed by atoms with Crippen molar-refractivity contribution in [3.8, 4) is 0 Å². The number of rotatable bonds is 7. The molecule has 1 aliphatic heterocycles. The van der Waals surface area contributed by atoms with Gasteiger partial charge in [0.1, 0.15) is 0 Å². The fourth-order valence-corrected chi connectivity index (χ4v) is 3.55. The maximum atomic E-state index is 12.1. The summed E-state index contributed by atoms with van der Waals surface area (Å²) in [5, 5.41) is 15.5. The molecule has 136 valence electrons. The molecule has 0 aromatic heterocycles. The molecule has 1 aliphatic rings. The minimum Gasteiger partial charge on any atom is -0.391 e. The van der Waals surface area contributed by atoms with Gasteiger partial charge in [0.25, 0.3) is 5.91 Å². The van der Waals surface area contributed by atoms with Gasteiger partial charge in [0.15, 0.2) is 9.84 Å². The van der Waals surface area contributed by atoms with Crippen LogP contribution in [0.1, 0.15) is 10.4 Å². The van der Waals surface area contributed by atoms with Gasteiger partial charge in [0, 0.05) is 38.2 Å². The van der Waals surface area contributed by atoms with Crippen molar-refractivity contribution in [1.82, 2.24) is 10.6 Å². The smallest absolute Gasteiger partial charge is 0.251 e. The number of nitrogens with one attached hydrogen (secondary N) is 2. The summed E-state index contributed by atoms with van der Waals surface area (Å²) in [6.45, 7) is 1.70. The number of amides is 1. The van der Waals surface area contributed by atoms with Crippen LogP contribution in [-0.4, -0.2) is 64.6 Å². The molecule has 7 nitrogen and oxygen atoms in total. The fraction of sp³-hybridized carbons (Fsp3) is 0.533. The first-order chi connectivity index (χ1) is 10.9. The van der Waals surface area contributed by atoms with E-state index in [0.29, 0.717) is 25.2 Å². The molecule has 1 aromatic rings. The van der Waals surface area contributed by atoms with E-state index in [1.807, 2.05) is 0 Å². The van der Waals surface area contributed by atoms with Crippen molar-refractivity contribution in [2.45, 2.75) is 11.0 Å². The van der Waals surface area contributed by atoms with Crippen LogP contribution in [0.2, 0.25) is 0 Å². The molecule has 3 N–H and O–H groups in total. The molecular formula is C15H23ClN2O5S. The quantitative estimate of drug-likeness (QED) is 0.609. The first-order valence-electron chi connectivity index (χ1n) is 7.43. The Balaban J connectivity index is 0.00000288. The first-order valence-corrected chi connectivity index (χ1v) is 9.08. The van der Waals surface area contributed by atoms with Gasteiger partial charge in [-0.25, -0.2) is 8.42 Å². The number of carbonyl (C=O) groups excluding carboxylic acids is 1. The van der Waals surface area contributed by atoms with E-state index in [2.05, 4.69) is 10.6 Å². The summed E-state index contributed by atoms with van der Waals surface area (Å²) in [5.41, 5.74) is 0.385. The number of carbonyl (C=O) groups is 1. The van der Waals surface area contributed by atoms with Crippen LogP contribution in [0.5, 0.6) is 0 Å². The number of benzene rings is 1. The molecule has 0 saturated carbocycles. The Labute approximate surface area is 148 Å². The van der Waals surface area contributed by atoms with Gasteiger partial charge in [-0.2, -0.15) is 0 Å². The van der Waals surface area contributed by atoms with Crippen LogP contribution in [0.4, 0.5) is 0 Å². The van der Waals surface area contributed by atoms with Gasteiger partial charge in [-0.3, -0.25) is 4.79 Å². The molecule has 1 fully saturated rings. The van der Waals surface area contributed by atoms with Gasteiger partial charge in [-0.1, -0.05) is 0 Å². The minimum absolute atomic E-state index is 0. The summed E-state index contributed by atoms with van der Waals surface area (Å²) >= 11 is 0. The highest BCUT2D eigenvalue weighted by Crippen LogP contribution is 2.13. The number of β-amino-alcohol motifs (C(OH)–C–C–N with tert-alkyl or cyclic N) is 1. The minimum atomic E-state index is -3.40. The fourth-order valence-electron chi connectivity index (χ4n) is 2.38. The molecule has 1 heterocycles. The molecule has 1 saturated heterocycles. The van der Waals surface area contributed by atoms with E-state index in [-0.39, 0.29) is 41.5 Å². The Kier molecular flexibility index (Phi) is 8.11. The molecule has 0 spiro atoms. The third-order valence-corrected chi connectivity index (χ3v) is 5.56. The topological polar surface area (TPSA) is 105 Å². The first kappa shape index (κ1) is 20.9. The molecule has 2 rings (SSSR count). The molecule has 24 heavy (non-hydrogen) atoms. The van der Waals surface area contributed by atoms with Crippen LogP contribution < -0.4 is 10.6 Å². The highest BCUT2D eigenvalue weighted by Gasteiger charge is 2.25. The normalized spacial score (nSPS) is 20.4. The summed E-state index contributed by atoms with van der Waals surface area (Å²) in [6, 6.07) is 5.81. The lowest BCUT2D eigenvalue weighted by Crippen LogP contribution is -2.34. The van der Waals surface area contributed by atoms with Gasteiger partial charge in [-0.15, -0.1) is 12.4 Å². The lowest BCUT2D eigenvalue weighted by atomic mass is 10.1. The third kappa shape index (κ3) is 5.42. The molecule has 1 aromatic carbocycles. The van der Waals surface area contributed by atoms with E-state index in [4.69, 9.17) is 4.74 Å². The van der Waals surface area contributed by atoms with Crippen LogP contribution >= 0.6 is 12.4 Å². The van der Waals surface area contributed by atoms with Gasteiger partial charge >= 0.3 is 0 Å². The summed E-state index contributed by atoms with van der Waals surface area (Å²) in [6.07, 6.45) is -0.455. The van der Waals surface area contributed by atoms with E-state index in [1.165, 1.54) is 31.4 Å². The SMILES string of the molecule is COCCS(=O)(=O)c1ccc(C(=O)NCC2CNCC2O)cc1.Cl. The lowest BCUT2D eigenvalue weighted by Gasteiger charge is -2.14. The standard InChI is InChI=1S/C15H22N2O5S.ClH/c1-22-6-7-23(20,21)13-4-2-11(3-5-13)15(19)17-9-12-8-16-10-14(12)18;/h2-5,12,14,16,18H,6-10H2,1H3,(H,17,19);1H. The van der Waals surface area contributed by atoms with Crippen molar-refractivity contribution in [3.63, 3.8) is 0 Å². The summed E-state index contributed by atoms with van der Waals surface area (Å²) in [4.78, 5) is 12.2. The van der Waals surface area contributed by atoms with Crippen LogP contribution in [0.15, 0.2) is 29.2 Å². The van der Waals surface area contributed by atoms with Crippen molar-refractivity contribution in [3.05, 3.63) is 29.8 Å². The van der Waals surface area contributed by atoms with E-state index < -0.39 is 15.9 Å². The highest BCUT2D eigenvalue weighted by molar-refractivity contribution is 7.91. The second kappa shape index (κ2) is 9.33. The van der Waals surface area contributed by atoms with Crippen molar-refractivity contribution in [2.24, 2.45) is 5.92 Å². The maximum Gasteiger partial charge on any atom is 0.251 e. The van der Waals surface area contributed by atoms with E-state index >= 15 is 0 Å². The van der Waals surface area contributed by atoms with Crippen LogP contribution in [0, 0.1) is 5.92 Å². The highest BCUT2D eigenvalue weighted by atomic mass is 35.5. The van der Waals surface area contributed by atoms with Crippen molar-refractivity contribution in [1.29, 1.82) is 0 Å². The molecule has 9 heteroatoms. The van der Waals surface area contributed by atoms with Crippen molar-refractivity contribution in [2.75, 3.05) is 39.1 Å². The molecule has 0 radical (unpaired) electrons. The summed E-state index contributed by atoms with van der Waals surface area (Å²) in [5.74, 6) is -0.390. The monoisotopic (exact) mass is 378 g/mol. The summed E-state index contributed by atoms with van der Waals surface area (Å²) < 4.78 is 28.8. The van der Waals surface area contributed by atoms with Gasteiger partial charge in [0.2, 0.25) is 0 Å². The van der Waals surface area contributed by atoms with E-state index in [9.17, 15) is 18.3 Å². The Hall–Kier alpha value is -1.19. The molecule has 2 atom stereocenters. The predicted octanol–water partition coefficient (Wildman–Crippen LogP) is -0.161. The number of hydrogen-bond acceptors (Lipinski definition) is 6. The van der Waals surface area contributed by atoms with Gasteiger partial charge < -0.3 is 20.5 Å². The van der Waals surface area contributed by atoms with Crippen LogP contribution in [0.25, 0.3) is 0 Å². The number of aliphatic hydroxyl groups excluding tert-OH is 1. The molecule has 0 aliphatic carbocycles. The third-order valence-electron chi connectivity index (χ3n) is 3.86. The van der Waals surface area contributed by atoms with Gasteiger partial charge in [-0.05, 0) is 24.3 Å². The maximum absolute atomic E-state index is 12.1. The second-order valence-corrected chi connectivity index (χ2v) is 7.64. The van der Waals surface area contributed by atoms with E-state index in [0.717, 1.165) is 0 Å². The van der Waals surface area contributed by atoms with Crippen LogP contribution in [-0.2, 0) is 14.6 Å². The summed E-state index contributed by atoms with van der Waals surface area (Å²) in [7, 11) is -1.95.